The van der Waals surface area contributed by atoms with Crippen molar-refractivity contribution in [3.63, 3.8) is 0 Å². The van der Waals surface area contributed by atoms with Crippen LogP contribution in [-0.2, 0) is 43.4 Å². The van der Waals surface area contributed by atoms with Crippen LogP contribution in [0.25, 0.3) is 43.1 Å². The van der Waals surface area contributed by atoms with E-state index in [1.54, 1.807) is 21.2 Å². The van der Waals surface area contributed by atoms with Crippen molar-refractivity contribution in [2.75, 3.05) is 0 Å². The first-order valence-electron chi connectivity index (χ1n) is 40.8. The Labute approximate surface area is 657 Å². The van der Waals surface area contributed by atoms with E-state index in [0.717, 1.165) is 45.3 Å². The summed E-state index contributed by atoms with van der Waals surface area (Å²) in [7, 11) is 0.145. The van der Waals surface area contributed by atoms with Crippen LogP contribution in [-0.4, -0.2) is 45.3 Å². The smallest absolute Gasteiger partial charge is 1.00 e. The summed E-state index contributed by atoms with van der Waals surface area (Å²) in [5.41, 5.74) is 19.8. The average molecular weight is 1520 g/mol. The molecule has 8 aliphatic carbocycles. The number of fused-ring (bicyclic) bond motifs is 4. The summed E-state index contributed by atoms with van der Waals surface area (Å²) in [5, 5.41) is 19.2. The van der Waals surface area contributed by atoms with Gasteiger partial charge in [-0.2, -0.15) is 24.3 Å². The van der Waals surface area contributed by atoms with Gasteiger partial charge in [0.2, 0.25) is 0 Å². The van der Waals surface area contributed by atoms with Crippen molar-refractivity contribution in [3.05, 3.63) is 142 Å². The van der Waals surface area contributed by atoms with Crippen LogP contribution in [0.3, 0.4) is 0 Å². The van der Waals surface area contributed by atoms with E-state index >= 15 is 0 Å². The Hall–Kier alpha value is -0.951. The van der Waals surface area contributed by atoms with Gasteiger partial charge in [0.05, 0.1) is 0 Å². The summed E-state index contributed by atoms with van der Waals surface area (Å²) in [6, 6.07) is 39.3. The van der Waals surface area contributed by atoms with Crippen LogP contribution in [0.4, 0.5) is 0 Å². The quantitative estimate of drug-likeness (QED) is 0.0650. The zero-order chi connectivity index (χ0) is 66.1. The maximum Gasteiger partial charge on any atom is 2.00 e. The molecule has 0 bridgehead atoms. The predicted octanol–water partition coefficient (Wildman–Crippen LogP) is 21.8. The third-order valence-electron chi connectivity index (χ3n) is 26.2. The summed E-state index contributed by atoms with van der Waals surface area (Å²) < 4.78 is 0. The summed E-state index contributed by atoms with van der Waals surface area (Å²) in [6.07, 6.45) is 59.5. The van der Waals surface area contributed by atoms with E-state index in [-0.39, 0.29) is 99.9 Å². The molecule has 0 unspecified atom stereocenters. The van der Waals surface area contributed by atoms with Crippen LogP contribution in [0.1, 0.15) is 301 Å². The zero-order valence-electron chi connectivity index (χ0n) is 63.7. The molecule has 0 heterocycles. The van der Waals surface area contributed by atoms with Crippen molar-refractivity contribution < 1.29 is 68.2 Å². The number of benzene rings is 4. The zero-order valence-corrected chi connectivity index (χ0v) is 71.9. The maximum atomic E-state index is 2.60. The van der Waals surface area contributed by atoms with Crippen molar-refractivity contribution >= 4 is 96.0 Å². The average Bonchev–Trinajstić information content (AvgIpc) is 1.63. The van der Waals surface area contributed by atoms with Gasteiger partial charge in [0.25, 0.3) is 0 Å². The number of aryl methyl sites for hydroxylation is 8. The molecule has 8 heteroatoms. The molecule has 0 N–H and O–H groups in total. The molecule has 0 saturated heterocycles. The van der Waals surface area contributed by atoms with Gasteiger partial charge in [-0.1, -0.05) is 260 Å². The van der Waals surface area contributed by atoms with Crippen molar-refractivity contribution in [2.45, 2.75) is 357 Å². The Bertz CT molecular complexity index is 3020. The SMILES string of the molecule is Cc1ccc(C)c2[cH-]c(P(C3CCCCC3)C3CCCCC3)cc12.Cc1ccc(C)c2[cH-]c(P(C3CCCCC3)C3CCCCC3)cc12.Cc1ccc(C)c2[cH-]c(P(C3CCCCC3)C3CCCCC3)cc12.Cc1ccc(C)c2[cH-]c(P(C3CCCCC3)C3CCCCC3)cc12.[Cl-].[Cl-].[Ti+2].[Ti+2]. The van der Waals surface area contributed by atoms with Gasteiger partial charge in [-0.05, 0) is 176 Å². The first-order chi connectivity index (χ1) is 46.9. The topological polar surface area (TPSA) is 0 Å². The van der Waals surface area contributed by atoms with Crippen LogP contribution < -0.4 is 46.0 Å². The molecule has 8 aromatic carbocycles. The van der Waals surface area contributed by atoms with Crippen molar-refractivity contribution in [3.8, 4) is 0 Å². The minimum absolute atomic E-state index is 0. The molecule has 16 rings (SSSR count). The number of hydrogen-bond donors (Lipinski definition) is 0. The second-order valence-corrected chi connectivity index (χ2v) is 44.1. The van der Waals surface area contributed by atoms with Crippen LogP contribution in [0.2, 0.25) is 0 Å². The van der Waals surface area contributed by atoms with Gasteiger partial charge in [-0.15, -0.1) is 135 Å². The largest absolute Gasteiger partial charge is 2.00 e. The number of rotatable bonds is 12. The monoisotopic (exact) mass is 1520 g/mol. The molecule has 8 fully saturated rings. The van der Waals surface area contributed by atoms with E-state index in [2.05, 4.69) is 152 Å². The minimum Gasteiger partial charge on any atom is -1.00 e. The van der Waals surface area contributed by atoms with Gasteiger partial charge < -0.3 is 24.8 Å². The fraction of sp³-hybridized carbons (Fsp3) is 0.609. The standard InChI is InChI=1S/4C23H32P.2ClH.2Ti/c4*1-17-13-14-18(2)23-16-21(15-22(17)23)24(19-9-5-3-6-10-19)20-11-7-4-8-12-20;;;;/h4*13-16,19-20H,3-12H2,1-2H3;2*1H;;/q4*-1;;;2*+2/p-2. The van der Waals surface area contributed by atoms with Gasteiger partial charge in [0, 0.05) is 0 Å². The normalized spacial score (nSPS) is 20.1. The summed E-state index contributed by atoms with van der Waals surface area (Å²) in [5.74, 6) is 0. The minimum atomic E-state index is 0. The van der Waals surface area contributed by atoms with Gasteiger partial charge in [-0.3, -0.25) is 0 Å². The molecule has 0 amide bonds. The van der Waals surface area contributed by atoms with E-state index < -0.39 is 0 Å². The maximum absolute atomic E-state index is 2.60. The van der Waals surface area contributed by atoms with Crippen molar-refractivity contribution in [2.24, 2.45) is 0 Å². The number of hydrogen-bond acceptors (Lipinski definition) is 0. The third kappa shape index (κ3) is 20.1. The first-order valence-corrected chi connectivity index (χ1v) is 46.7. The van der Waals surface area contributed by atoms with Crippen LogP contribution in [0, 0.1) is 55.4 Å². The molecule has 8 aromatic rings. The molecule has 8 aliphatic rings. The van der Waals surface area contributed by atoms with E-state index in [0.29, 0.717) is 0 Å². The molecule has 0 radical (unpaired) electrons. The number of halogens is 2. The molecule has 540 valence electrons. The summed E-state index contributed by atoms with van der Waals surface area (Å²) >= 11 is 0. The van der Waals surface area contributed by atoms with Crippen molar-refractivity contribution in [1.29, 1.82) is 0 Å². The molecular weight excluding hydrogens is 1400 g/mol. The molecule has 0 spiro atoms. The fourth-order valence-corrected chi connectivity index (χ4v) is 36.0. The van der Waals surface area contributed by atoms with E-state index in [1.807, 2.05) is 0 Å². The van der Waals surface area contributed by atoms with Gasteiger partial charge >= 0.3 is 43.4 Å². The van der Waals surface area contributed by atoms with Crippen molar-refractivity contribution in [1.82, 2.24) is 0 Å². The van der Waals surface area contributed by atoms with Crippen LogP contribution in [0.5, 0.6) is 0 Å². The first kappa shape index (κ1) is 83.1. The molecule has 100 heavy (non-hydrogen) atoms. The summed E-state index contributed by atoms with van der Waals surface area (Å²) in [4.78, 5) is 0. The molecular formula is C92H128Cl2P4Ti2-2. The Morgan fingerprint density at radius 1 is 0.210 bits per heavy atom. The molecule has 0 aromatic heterocycles. The molecule has 8 saturated carbocycles. The summed E-state index contributed by atoms with van der Waals surface area (Å²) in [6.45, 7) is 18.3. The Morgan fingerprint density at radius 3 is 0.470 bits per heavy atom. The van der Waals surface area contributed by atoms with Gasteiger partial charge in [0.15, 0.2) is 0 Å². The van der Waals surface area contributed by atoms with Crippen LogP contribution in [0.15, 0.2) is 97.1 Å². The Kier molecular flexibility index (Phi) is 33.6. The Balaban J connectivity index is 0.000000153. The van der Waals surface area contributed by atoms with E-state index in [9.17, 15) is 0 Å². The van der Waals surface area contributed by atoms with Gasteiger partial charge in [-0.25, -0.2) is 0 Å². The van der Waals surface area contributed by atoms with Crippen LogP contribution >= 0.6 is 31.7 Å². The predicted molar refractivity (Wildman–Crippen MR) is 437 cm³/mol. The van der Waals surface area contributed by atoms with Gasteiger partial charge in [0.1, 0.15) is 0 Å². The molecule has 0 atom stereocenters. The molecule has 0 nitrogen and oxygen atoms in total. The molecule has 0 aliphatic heterocycles. The fourth-order valence-electron chi connectivity index (χ4n) is 20.6. The third-order valence-corrected chi connectivity index (χ3v) is 40.0. The van der Waals surface area contributed by atoms with E-state index in [1.165, 1.54) is 344 Å². The Morgan fingerprint density at radius 2 is 0.340 bits per heavy atom. The second-order valence-electron chi connectivity index (χ2n) is 32.9. The van der Waals surface area contributed by atoms with E-state index in [4.69, 9.17) is 0 Å². The second kappa shape index (κ2) is 40.5.